The maximum atomic E-state index is 7.15. The average Bonchev–Trinajstić information content (AvgIpc) is 2.87. The highest BCUT2D eigenvalue weighted by atomic mass is 28.4. The van der Waals surface area contributed by atoms with E-state index in [2.05, 4.69) is 95.3 Å². The number of unbranched alkanes of at least 4 members (excludes halogenated alkanes) is 10. The molecule has 0 saturated heterocycles. The van der Waals surface area contributed by atoms with Crippen molar-refractivity contribution in [1.29, 1.82) is 0 Å². The normalized spacial score (nSPS) is 12.2. The molecule has 35 heavy (non-hydrogen) atoms. The minimum Gasteiger partial charge on any atom is -0.388 e. The van der Waals surface area contributed by atoms with Crippen LogP contribution >= 0.6 is 0 Å². The van der Waals surface area contributed by atoms with Gasteiger partial charge < -0.3 is 8.85 Å². The van der Waals surface area contributed by atoms with E-state index in [1.165, 1.54) is 74.6 Å². The van der Waals surface area contributed by atoms with Crippen LogP contribution in [0.5, 0.6) is 0 Å². The van der Waals surface area contributed by atoms with E-state index >= 15 is 0 Å². The Balaban J connectivity index is 2.01. The van der Waals surface area contributed by atoms with Crippen molar-refractivity contribution in [3.63, 3.8) is 0 Å². The lowest BCUT2D eigenvalue weighted by molar-refractivity contribution is 0.0630. The molecule has 196 valence electrons. The van der Waals surface area contributed by atoms with Gasteiger partial charge in [0.2, 0.25) is 0 Å². The van der Waals surface area contributed by atoms with E-state index in [-0.39, 0.29) is 6.10 Å². The van der Waals surface area contributed by atoms with E-state index in [4.69, 9.17) is 8.85 Å². The molecule has 0 aliphatic carbocycles. The van der Waals surface area contributed by atoms with E-state index < -0.39 is 8.56 Å². The van der Waals surface area contributed by atoms with Gasteiger partial charge in [-0.3, -0.25) is 0 Å². The van der Waals surface area contributed by atoms with Crippen LogP contribution in [-0.4, -0.2) is 21.3 Å². The largest absolute Gasteiger partial charge is 0.407 e. The van der Waals surface area contributed by atoms with Crippen LogP contribution in [0.15, 0.2) is 60.7 Å². The molecular formula is C32H52O2Si. The highest BCUT2D eigenvalue weighted by Gasteiger charge is 2.45. The summed E-state index contributed by atoms with van der Waals surface area (Å²) in [5.74, 6) is 0.861. The van der Waals surface area contributed by atoms with E-state index in [0.29, 0.717) is 11.8 Å². The number of rotatable bonds is 19. The van der Waals surface area contributed by atoms with E-state index in [1.54, 1.807) is 0 Å². The lowest BCUT2D eigenvalue weighted by Gasteiger charge is -2.38. The van der Waals surface area contributed by atoms with Gasteiger partial charge in [0.25, 0.3) is 0 Å². The molecule has 0 atom stereocenters. The van der Waals surface area contributed by atoms with Crippen LogP contribution in [0.3, 0.4) is 0 Å². The molecule has 0 heterocycles. The molecule has 2 rings (SSSR count). The molecule has 2 nitrogen and oxygen atoms in total. The molecule has 0 radical (unpaired) electrons. The van der Waals surface area contributed by atoms with E-state index in [9.17, 15) is 0 Å². The zero-order valence-electron chi connectivity index (χ0n) is 23.3. The zero-order chi connectivity index (χ0) is 25.4. The summed E-state index contributed by atoms with van der Waals surface area (Å²) < 4.78 is 14.1. The van der Waals surface area contributed by atoms with Gasteiger partial charge in [-0.25, -0.2) is 0 Å². The number of benzene rings is 2. The van der Waals surface area contributed by atoms with Gasteiger partial charge in [-0.1, -0.05) is 159 Å². The first-order chi connectivity index (χ1) is 17.0. The van der Waals surface area contributed by atoms with Gasteiger partial charge in [0, 0.05) is 6.61 Å². The van der Waals surface area contributed by atoms with Crippen molar-refractivity contribution >= 4 is 18.9 Å². The van der Waals surface area contributed by atoms with Crippen molar-refractivity contribution in [2.24, 2.45) is 11.8 Å². The third-order valence-electron chi connectivity index (χ3n) is 6.98. The highest BCUT2D eigenvalue weighted by molar-refractivity contribution is 6.92. The summed E-state index contributed by atoms with van der Waals surface area (Å²) in [7, 11) is -2.83. The maximum Gasteiger partial charge on any atom is 0.407 e. The van der Waals surface area contributed by atoms with Crippen molar-refractivity contribution in [2.45, 2.75) is 111 Å². The van der Waals surface area contributed by atoms with Crippen LogP contribution in [0.25, 0.3) is 0 Å². The Morgan fingerprint density at radius 1 is 0.571 bits per heavy atom. The average molecular weight is 497 g/mol. The first-order valence-corrected chi connectivity index (χ1v) is 16.3. The molecule has 0 saturated carbocycles. The maximum absolute atomic E-state index is 7.15. The number of hydrogen-bond donors (Lipinski definition) is 0. The summed E-state index contributed by atoms with van der Waals surface area (Å²) in [6.45, 7) is 12.1. The van der Waals surface area contributed by atoms with Crippen molar-refractivity contribution in [2.75, 3.05) is 6.61 Å². The zero-order valence-corrected chi connectivity index (χ0v) is 24.3. The molecule has 0 unspecified atom stereocenters. The fraction of sp³-hybridized carbons (Fsp3) is 0.625. The molecule has 0 bridgehead atoms. The third kappa shape index (κ3) is 10.2. The standard InChI is InChI=1S/C32H52O2Si/c1-6-7-8-9-10-11-12-13-14-15-22-27-33-35(30-23-18-16-19-24-30,31-25-20-17-21-26-31)34-32(28(2)3)29(4)5/h16-21,23-26,28-29,32H,6-15,22,27H2,1-5H3. The molecule has 0 spiro atoms. The Hall–Kier alpha value is -1.42. The lowest BCUT2D eigenvalue weighted by Crippen LogP contribution is -2.65. The second kappa shape index (κ2) is 17.1. The fourth-order valence-corrected chi connectivity index (χ4v) is 8.66. The Morgan fingerprint density at radius 2 is 0.971 bits per heavy atom. The summed E-state index contributed by atoms with van der Waals surface area (Å²) in [5, 5.41) is 2.42. The fourth-order valence-electron chi connectivity index (χ4n) is 5.03. The summed E-state index contributed by atoms with van der Waals surface area (Å²) in [5.41, 5.74) is 0. The number of hydrogen-bond acceptors (Lipinski definition) is 2. The molecule has 0 aliphatic heterocycles. The molecule has 0 N–H and O–H groups in total. The minimum absolute atomic E-state index is 0.152. The minimum atomic E-state index is -2.83. The van der Waals surface area contributed by atoms with Gasteiger partial charge in [0.15, 0.2) is 0 Å². The monoisotopic (exact) mass is 496 g/mol. The molecule has 0 aromatic heterocycles. The van der Waals surface area contributed by atoms with Crippen LogP contribution in [0.1, 0.15) is 105 Å². The molecule has 0 aliphatic rings. The van der Waals surface area contributed by atoms with Crippen molar-refractivity contribution < 1.29 is 8.85 Å². The van der Waals surface area contributed by atoms with Crippen molar-refractivity contribution in [1.82, 2.24) is 0 Å². The predicted molar refractivity (Wildman–Crippen MR) is 155 cm³/mol. The summed E-state index contributed by atoms with van der Waals surface area (Å²) in [6.07, 6.45) is 14.9. The molecule has 3 heteroatoms. The summed E-state index contributed by atoms with van der Waals surface area (Å²) >= 11 is 0. The van der Waals surface area contributed by atoms with Gasteiger partial charge in [0.05, 0.1) is 6.10 Å². The molecule has 2 aromatic rings. The van der Waals surface area contributed by atoms with Crippen molar-refractivity contribution in [3.8, 4) is 0 Å². The van der Waals surface area contributed by atoms with Crippen LogP contribution < -0.4 is 10.4 Å². The summed E-state index contributed by atoms with van der Waals surface area (Å²) in [4.78, 5) is 0. The first kappa shape index (κ1) is 29.8. The Morgan fingerprint density at radius 3 is 1.37 bits per heavy atom. The molecule has 2 aromatic carbocycles. The predicted octanol–water partition coefficient (Wildman–Crippen LogP) is 8.27. The molecule has 0 amide bonds. The summed E-state index contributed by atoms with van der Waals surface area (Å²) in [6, 6.07) is 21.5. The van der Waals surface area contributed by atoms with Gasteiger partial charge >= 0.3 is 8.56 Å². The Bertz CT molecular complexity index is 712. The van der Waals surface area contributed by atoms with Crippen molar-refractivity contribution in [3.05, 3.63) is 60.7 Å². The van der Waals surface area contributed by atoms with Gasteiger partial charge in [-0.2, -0.15) is 0 Å². The SMILES string of the molecule is CCCCCCCCCCCCCO[Si](OC(C(C)C)C(C)C)(c1ccccc1)c1ccccc1. The topological polar surface area (TPSA) is 18.5 Å². The molecule has 0 fully saturated rings. The van der Waals surface area contributed by atoms with Gasteiger partial charge in [0.1, 0.15) is 0 Å². The highest BCUT2D eigenvalue weighted by Crippen LogP contribution is 2.23. The van der Waals surface area contributed by atoms with Gasteiger partial charge in [-0.05, 0) is 28.6 Å². The third-order valence-corrected chi connectivity index (χ3v) is 10.4. The Kier molecular flexibility index (Phi) is 14.6. The molecular weight excluding hydrogens is 444 g/mol. The quantitative estimate of drug-likeness (QED) is 0.144. The van der Waals surface area contributed by atoms with Crippen LogP contribution in [0.2, 0.25) is 0 Å². The second-order valence-electron chi connectivity index (χ2n) is 10.8. The lowest BCUT2D eigenvalue weighted by atomic mass is 9.97. The van der Waals surface area contributed by atoms with Gasteiger partial charge in [-0.15, -0.1) is 0 Å². The van der Waals surface area contributed by atoms with Crippen LogP contribution in [0.4, 0.5) is 0 Å². The van der Waals surface area contributed by atoms with E-state index in [0.717, 1.165) is 13.0 Å². The second-order valence-corrected chi connectivity index (χ2v) is 13.7. The first-order valence-electron chi connectivity index (χ1n) is 14.4. The smallest absolute Gasteiger partial charge is 0.388 e. The van der Waals surface area contributed by atoms with Crippen LogP contribution in [0, 0.1) is 11.8 Å². The Labute approximate surface area is 218 Å². The van der Waals surface area contributed by atoms with E-state index in [1.807, 2.05) is 0 Å². The van der Waals surface area contributed by atoms with Crippen LogP contribution in [-0.2, 0) is 8.85 Å².